The van der Waals surface area contributed by atoms with Gasteiger partial charge in [-0.15, -0.1) is 0 Å². The van der Waals surface area contributed by atoms with Crippen LogP contribution in [0.15, 0.2) is 34.9 Å². The second-order valence-corrected chi connectivity index (χ2v) is 9.97. The van der Waals surface area contributed by atoms with E-state index in [1.807, 2.05) is 24.1 Å². The first-order chi connectivity index (χ1) is 17.3. The lowest BCUT2D eigenvalue weighted by Gasteiger charge is -2.32. The first-order valence-electron chi connectivity index (χ1n) is 12.0. The number of piperazine rings is 1. The van der Waals surface area contributed by atoms with Crippen LogP contribution in [0.2, 0.25) is 0 Å². The number of carbonyl (C=O) groups is 2. The minimum absolute atomic E-state index is 0.0183. The summed E-state index contributed by atoms with van der Waals surface area (Å²) in [6, 6.07) is 6.95. The van der Waals surface area contributed by atoms with Crippen LogP contribution in [0.4, 0.5) is 26.2 Å². The summed E-state index contributed by atoms with van der Waals surface area (Å²) in [6.45, 7) is 2.52. The molecule has 2 amide bonds. The maximum atomic E-state index is 12.8. The molecule has 1 aliphatic carbocycles. The van der Waals surface area contributed by atoms with Crippen LogP contribution in [0.3, 0.4) is 0 Å². The average Bonchev–Trinajstić information content (AvgIpc) is 3.33. The Balaban J connectivity index is 1.38. The number of nitrogens with one attached hydrogen (secondary N) is 3. The highest BCUT2D eigenvalue weighted by molar-refractivity contribution is 9.10. The molecule has 2 aromatic rings. The van der Waals surface area contributed by atoms with Gasteiger partial charge in [0.2, 0.25) is 11.9 Å². The van der Waals surface area contributed by atoms with Crippen LogP contribution in [0.25, 0.3) is 0 Å². The van der Waals surface area contributed by atoms with Crippen LogP contribution in [0.5, 0.6) is 0 Å². The van der Waals surface area contributed by atoms with Crippen molar-refractivity contribution in [3.8, 4) is 0 Å². The Bertz CT molecular complexity index is 1060. The Morgan fingerprint density at radius 3 is 2.56 bits per heavy atom. The topological polar surface area (TPSA) is 102 Å². The highest BCUT2D eigenvalue weighted by Gasteiger charge is 2.33. The minimum Gasteiger partial charge on any atom is -0.365 e. The van der Waals surface area contributed by atoms with Crippen LogP contribution in [0, 0.1) is 5.92 Å². The van der Waals surface area contributed by atoms with Gasteiger partial charge in [-0.25, -0.2) is 13.8 Å². The number of halogens is 3. The molecular formula is C24H30BrF2N7O2. The number of anilines is 3. The van der Waals surface area contributed by atoms with Gasteiger partial charge in [0.25, 0.3) is 12.3 Å². The number of rotatable bonds is 8. The van der Waals surface area contributed by atoms with Crippen LogP contribution in [0.1, 0.15) is 29.6 Å². The standard InChI is InChI=1S/C24H30BrF2N7O2/c1-33-9-11-34(12-10-33)23(36)15-5-7-16(8-6-15)30-24-29-13-18(25)21(32-24)31-19-4-2-3-17(19)22(35)28-14-20(26)27/h5-8,13,17,19-20H,2-4,9-12,14H2,1H3,(H,28,35)(H2,29,30,31,32)/t17-,19+/m0/s1. The molecule has 2 heterocycles. The molecule has 2 fully saturated rings. The van der Waals surface area contributed by atoms with Crippen molar-refractivity contribution in [3.05, 3.63) is 40.5 Å². The molecule has 36 heavy (non-hydrogen) atoms. The molecule has 0 radical (unpaired) electrons. The summed E-state index contributed by atoms with van der Waals surface area (Å²) in [6.07, 6.45) is 1.20. The molecule has 194 valence electrons. The van der Waals surface area contributed by atoms with E-state index in [1.165, 1.54) is 0 Å². The predicted molar refractivity (Wildman–Crippen MR) is 137 cm³/mol. The molecule has 4 rings (SSSR count). The molecule has 3 N–H and O–H groups in total. The van der Waals surface area contributed by atoms with Gasteiger partial charge in [-0.2, -0.15) is 4.98 Å². The first kappa shape index (κ1) is 26.2. The predicted octanol–water partition coefficient (Wildman–Crippen LogP) is 3.33. The number of alkyl halides is 2. The molecule has 2 aliphatic rings. The highest BCUT2D eigenvalue weighted by atomic mass is 79.9. The van der Waals surface area contributed by atoms with E-state index in [0.29, 0.717) is 41.3 Å². The van der Waals surface area contributed by atoms with Gasteiger partial charge in [0, 0.05) is 49.7 Å². The van der Waals surface area contributed by atoms with Gasteiger partial charge in [-0.05, 0) is 60.1 Å². The summed E-state index contributed by atoms with van der Waals surface area (Å²) in [4.78, 5) is 38.0. The summed E-state index contributed by atoms with van der Waals surface area (Å²) in [5.74, 6) is 0.0839. The van der Waals surface area contributed by atoms with Crippen molar-refractivity contribution in [2.24, 2.45) is 5.92 Å². The fourth-order valence-electron chi connectivity index (χ4n) is 4.48. The number of nitrogens with zero attached hydrogens (tertiary/aromatic N) is 4. The summed E-state index contributed by atoms with van der Waals surface area (Å²) < 4.78 is 25.6. The summed E-state index contributed by atoms with van der Waals surface area (Å²) in [7, 11) is 2.05. The second kappa shape index (κ2) is 11.9. The van der Waals surface area contributed by atoms with Crippen molar-refractivity contribution in [1.82, 2.24) is 25.1 Å². The van der Waals surface area contributed by atoms with Crippen molar-refractivity contribution in [3.63, 3.8) is 0 Å². The van der Waals surface area contributed by atoms with E-state index in [-0.39, 0.29) is 17.9 Å². The number of likely N-dealkylation sites (N-methyl/N-ethyl adjacent to an activating group) is 1. The normalized spacial score (nSPS) is 20.4. The molecule has 0 unspecified atom stereocenters. The fourth-order valence-corrected chi connectivity index (χ4v) is 4.78. The lowest BCUT2D eigenvalue weighted by Crippen LogP contribution is -2.47. The fraction of sp³-hybridized carbons (Fsp3) is 0.500. The molecule has 1 saturated carbocycles. The number of benzene rings is 1. The monoisotopic (exact) mass is 565 g/mol. The zero-order valence-corrected chi connectivity index (χ0v) is 21.6. The minimum atomic E-state index is -2.58. The summed E-state index contributed by atoms with van der Waals surface area (Å²) >= 11 is 3.44. The molecule has 1 saturated heterocycles. The van der Waals surface area contributed by atoms with Crippen molar-refractivity contribution >= 4 is 45.2 Å². The molecule has 2 atom stereocenters. The Morgan fingerprint density at radius 2 is 1.86 bits per heavy atom. The Kier molecular flexibility index (Phi) is 8.68. The molecule has 0 bridgehead atoms. The van der Waals surface area contributed by atoms with Gasteiger partial charge < -0.3 is 25.8 Å². The number of hydrogen-bond acceptors (Lipinski definition) is 7. The molecule has 9 nitrogen and oxygen atoms in total. The Hall–Kier alpha value is -2.86. The van der Waals surface area contributed by atoms with Crippen molar-refractivity contribution in [2.45, 2.75) is 31.7 Å². The van der Waals surface area contributed by atoms with Gasteiger partial charge in [-0.3, -0.25) is 9.59 Å². The molecule has 1 aliphatic heterocycles. The van der Waals surface area contributed by atoms with Crippen molar-refractivity contribution < 1.29 is 18.4 Å². The van der Waals surface area contributed by atoms with Gasteiger partial charge in [0.15, 0.2) is 0 Å². The molecule has 0 spiro atoms. The third-order valence-electron chi connectivity index (χ3n) is 6.53. The summed E-state index contributed by atoms with van der Waals surface area (Å²) in [5, 5.41) is 8.73. The molecule has 1 aromatic heterocycles. The number of hydrogen-bond donors (Lipinski definition) is 3. The third-order valence-corrected chi connectivity index (χ3v) is 7.11. The van der Waals surface area contributed by atoms with E-state index in [9.17, 15) is 18.4 Å². The lowest BCUT2D eigenvalue weighted by molar-refractivity contribution is -0.125. The number of aromatic nitrogens is 2. The zero-order valence-electron chi connectivity index (χ0n) is 20.0. The average molecular weight is 566 g/mol. The maximum Gasteiger partial charge on any atom is 0.255 e. The Labute approximate surface area is 217 Å². The van der Waals surface area contributed by atoms with E-state index in [2.05, 4.69) is 46.7 Å². The van der Waals surface area contributed by atoms with Gasteiger partial charge in [0.1, 0.15) is 5.82 Å². The molecular weight excluding hydrogens is 536 g/mol. The SMILES string of the molecule is CN1CCN(C(=O)c2ccc(Nc3ncc(Br)c(N[C@@H]4CCC[C@@H]4C(=O)NCC(F)F)n3)cc2)CC1. The molecule has 1 aromatic carbocycles. The smallest absolute Gasteiger partial charge is 0.255 e. The van der Waals surface area contributed by atoms with E-state index < -0.39 is 18.9 Å². The van der Waals surface area contributed by atoms with E-state index in [0.717, 1.165) is 31.6 Å². The largest absolute Gasteiger partial charge is 0.365 e. The van der Waals surface area contributed by atoms with Gasteiger partial charge in [-0.1, -0.05) is 6.42 Å². The van der Waals surface area contributed by atoms with E-state index in [4.69, 9.17) is 0 Å². The van der Waals surface area contributed by atoms with Crippen LogP contribution in [-0.4, -0.2) is 83.8 Å². The van der Waals surface area contributed by atoms with Crippen molar-refractivity contribution in [2.75, 3.05) is 50.4 Å². The zero-order chi connectivity index (χ0) is 25.7. The highest BCUT2D eigenvalue weighted by Crippen LogP contribution is 2.31. The quantitative estimate of drug-likeness (QED) is 0.451. The first-order valence-corrected chi connectivity index (χ1v) is 12.8. The van der Waals surface area contributed by atoms with E-state index >= 15 is 0 Å². The van der Waals surface area contributed by atoms with Crippen molar-refractivity contribution in [1.29, 1.82) is 0 Å². The van der Waals surface area contributed by atoms with Gasteiger partial charge in [0.05, 0.1) is 16.9 Å². The third kappa shape index (κ3) is 6.67. The number of carbonyl (C=O) groups excluding carboxylic acids is 2. The van der Waals surface area contributed by atoms with Gasteiger partial charge >= 0.3 is 0 Å². The van der Waals surface area contributed by atoms with Crippen LogP contribution < -0.4 is 16.0 Å². The second-order valence-electron chi connectivity index (χ2n) is 9.11. The number of amides is 2. The van der Waals surface area contributed by atoms with Crippen LogP contribution in [-0.2, 0) is 4.79 Å². The molecule has 12 heteroatoms. The summed E-state index contributed by atoms with van der Waals surface area (Å²) in [5.41, 5.74) is 1.35. The lowest BCUT2D eigenvalue weighted by atomic mass is 10.0. The van der Waals surface area contributed by atoms with E-state index in [1.54, 1.807) is 18.3 Å². The maximum absolute atomic E-state index is 12.8. The van der Waals surface area contributed by atoms with Crippen LogP contribution >= 0.6 is 15.9 Å². The Morgan fingerprint density at radius 1 is 1.14 bits per heavy atom.